The summed E-state index contributed by atoms with van der Waals surface area (Å²) >= 11 is 0. The lowest BCUT2D eigenvalue weighted by Gasteiger charge is -2.11. The number of nitrogens with zero attached hydrogens (tertiary/aromatic N) is 2. The van der Waals surface area contributed by atoms with Crippen molar-refractivity contribution in [1.82, 2.24) is 14.9 Å². The molecule has 0 spiro atoms. The molecule has 0 aliphatic rings. The first kappa shape index (κ1) is 20.8. The van der Waals surface area contributed by atoms with E-state index in [1.165, 1.54) is 17.0 Å². The topological polar surface area (TPSA) is 69.3 Å². The number of nitrogens with one attached hydrogen (secondary N) is 1. The van der Waals surface area contributed by atoms with Gasteiger partial charge in [-0.2, -0.15) is 0 Å². The number of ether oxygens (including phenoxy) is 1. The fourth-order valence-corrected chi connectivity index (χ4v) is 4.02. The number of amides is 1. The van der Waals surface area contributed by atoms with Gasteiger partial charge in [0.25, 0.3) is 5.91 Å². The molecule has 5 rings (SSSR count). The molecule has 1 amide bonds. The number of para-hydroxylation sites is 2. The Balaban J connectivity index is 1.21. The minimum atomic E-state index is -0.216. The van der Waals surface area contributed by atoms with Gasteiger partial charge in [0.05, 0.1) is 23.9 Å². The molecule has 0 saturated carbocycles. The van der Waals surface area contributed by atoms with Crippen LogP contribution < -0.4 is 10.1 Å². The fourth-order valence-electron chi connectivity index (χ4n) is 4.02. The average Bonchev–Trinajstić information content (AvgIpc) is 3.50. The minimum absolute atomic E-state index is 0.216. The van der Waals surface area contributed by atoms with E-state index in [4.69, 9.17) is 14.1 Å². The molecule has 2 aromatic heterocycles. The summed E-state index contributed by atoms with van der Waals surface area (Å²) in [5.74, 6) is 1.92. The Morgan fingerprint density at radius 1 is 0.970 bits per heavy atom. The quantitative estimate of drug-likeness (QED) is 0.320. The van der Waals surface area contributed by atoms with Crippen LogP contribution >= 0.6 is 0 Å². The van der Waals surface area contributed by atoms with Gasteiger partial charge in [0.15, 0.2) is 5.76 Å². The van der Waals surface area contributed by atoms with Crippen LogP contribution in [0.15, 0.2) is 89.5 Å². The summed E-state index contributed by atoms with van der Waals surface area (Å²) in [5.41, 5.74) is 2.05. The third kappa shape index (κ3) is 4.75. The number of benzene rings is 3. The number of hydrogen-bond acceptors (Lipinski definition) is 4. The Morgan fingerprint density at radius 3 is 2.70 bits per heavy atom. The van der Waals surface area contributed by atoms with Crippen molar-refractivity contribution < 1.29 is 13.9 Å². The third-order valence-electron chi connectivity index (χ3n) is 5.63. The van der Waals surface area contributed by atoms with E-state index in [1.54, 1.807) is 12.1 Å². The van der Waals surface area contributed by atoms with Crippen LogP contribution in [0.3, 0.4) is 0 Å². The second kappa shape index (κ2) is 9.61. The highest BCUT2D eigenvalue weighted by atomic mass is 16.5. The van der Waals surface area contributed by atoms with Gasteiger partial charge in [0, 0.05) is 19.5 Å². The largest absolute Gasteiger partial charge is 0.494 e. The molecule has 3 aromatic carbocycles. The normalized spacial score (nSPS) is 11.2. The molecule has 1 N–H and O–H groups in total. The number of hydrogen-bond donors (Lipinski definition) is 1. The van der Waals surface area contributed by atoms with Crippen molar-refractivity contribution >= 4 is 27.7 Å². The van der Waals surface area contributed by atoms with Crippen LogP contribution in [0.4, 0.5) is 0 Å². The molecular weight excluding hydrogens is 414 g/mol. The number of aromatic nitrogens is 2. The molecule has 0 aliphatic carbocycles. The smallest absolute Gasteiger partial charge is 0.286 e. The summed E-state index contributed by atoms with van der Waals surface area (Å²) in [6.45, 7) is 1.88. The van der Waals surface area contributed by atoms with Crippen molar-refractivity contribution in [3.05, 3.63) is 96.7 Å². The maximum atomic E-state index is 12.1. The van der Waals surface area contributed by atoms with Crippen LogP contribution in [-0.4, -0.2) is 28.6 Å². The summed E-state index contributed by atoms with van der Waals surface area (Å²) in [7, 11) is 0. The summed E-state index contributed by atoms with van der Waals surface area (Å²) in [6.07, 6.45) is 2.97. The highest BCUT2D eigenvalue weighted by Crippen LogP contribution is 2.21. The van der Waals surface area contributed by atoms with Gasteiger partial charge in [0.2, 0.25) is 0 Å². The van der Waals surface area contributed by atoms with E-state index in [-0.39, 0.29) is 5.91 Å². The minimum Gasteiger partial charge on any atom is -0.494 e. The Bertz CT molecular complexity index is 1370. The standard InChI is InChI=1S/C27H25N3O3/c31-27(25-11-5-17-33-25)28-15-14-26-29-23-9-3-4-10-24(23)30(26)16-6-18-32-22-13-12-20-7-1-2-8-21(20)19-22/h1-5,7-13,17,19H,6,14-16,18H2,(H,28,31). The van der Waals surface area contributed by atoms with E-state index < -0.39 is 0 Å². The molecule has 33 heavy (non-hydrogen) atoms. The molecule has 0 atom stereocenters. The van der Waals surface area contributed by atoms with Gasteiger partial charge in [0.1, 0.15) is 11.6 Å². The van der Waals surface area contributed by atoms with Crippen LogP contribution in [0.5, 0.6) is 5.75 Å². The molecule has 6 heteroatoms. The molecule has 0 aliphatic heterocycles. The van der Waals surface area contributed by atoms with E-state index in [2.05, 4.69) is 40.2 Å². The zero-order chi connectivity index (χ0) is 22.5. The highest BCUT2D eigenvalue weighted by Gasteiger charge is 2.12. The lowest BCUT2D eigenvalue weighted by Crippen LogP contribution is -2.26. The number of fused-ring (bicyclic) bond motifs is 2. The van der Waals surface area contributed by atoms with Crippen molar-refractivity contribution in [2.75, 3.05) is 13.2 Å². The van der Waals surface area contributed by atoms with Crippen LogP contribution in [0.2, 0.25) is 0 Å². The van der Waals surface area contributed by atoms with Gasteiger partial charge in [-0.1, -0.05) is 42.5 Å². The van der Waals surface area contributed by atoms with Gasteiger partial charge in [-0.15, -0.1) is 0 Å². The Labute approximate surface area is 191 Å². The molecule has 0 bridgehead atoms. The number of carbonyl (C=O) groups excluding carboxylic acids is 1. The van der Waals surface area contributed by atoms with E-state index >= 15 is 0 Å². The summed E-state index contributed by atoms with van der Waals surface area (Å²) in [6, 6.07) is 25.9. The van der Waals surface area contributed by atoms with Gasteiger partial charge < -0.3 is 19.0 Å². The van der Waals surface area contributed by atoms with Crippen molar-refractivity contribution in [3.63, 3.8) is 0 Å². The van der Waals surface area contributed by atoms with Crippen LogP contribution in [-0.2, 0) is 13.0 Å². The Hall–Kier alpha value is -4.06. The molecule has 2 heterocycles. The first-order valence-corrected chi connectivity index (χ1v) is 11.2. The molecule has 6 nitrogen and oxygen atoms in total. The lowest BCUT2D eigenvalue weighted by atomic mass is 10.1. The molecule has 0 unspecified atom stereocenters. The van der Waals surface area contributed by atoms with Crippen LogP contribution in [0.25, 0.3) is 21.8 Å². The van der Waals surface area contributed by atoms with Gasteiger partial charge in [-0.25, -0.2) is 4.98 Å². The first-order valence-electron chi connectivity index (χ1n) is 11.2. The second-order valence-electron chi connectivity index (χ2n) is 7.86. The summed E-state index contributed by atoms with van der Waals surface area (Å²) in [5, 5.41) is 5.28. The van der Waals surface area contributed by atoms with Crippen LogP contribution in [0, 0.1) is 0 Å². The third-order valence-corrected chi connectivity index (χ3v) is 5.63. The molecular formula is C27H25N3O3. The van der Waals surface area contributed by atoms with Gasteiger partial charge >= 0.3 is 0 Å². The molecule has 5 aromatic rings. The zero-order valence-electron chi connectivity index (χ0n) is 18.2. The number of carbonyl (C=O) groups is 1. The Morgan fingerprint density at radius 2 is 1.82 bits per heavy atom. The van der Waals surface area contributed by atoms with E-state index in [0.29, 0.717) is 25.3 Å². The molecule has 166 valence electrons. The fraction of sp³-hybridized carbons (Fsp3) is 0.185. The predicted octanol–water partition coefficient (Wildman–Crippen LogP) is 5.22. The number of rotatable bonds is 9. The number of imidazole rings is 1. The SMILES string of the molecule is O=C(NCCc1nc2ccccc2n1CCCOc1ccc2ccccc2c1)c1ccco1. The maximum absolute atomic E-state index is 12.1. The van der Waals surface area contributed by atoms with Gasteiger partial charge in [-0.05, 0) is 53.6 Å². The number of aryl methyl sites for hydroxylation is 1. The zero-order valence-corrected chi connectivity index (χ0v) is 18.2. The van der Waals surface area contributed by atoms with Crippen molar-refractivity contribution in [2.24, 2.45) is 0 Å². The van der Waals surface area contributed by atoms with Crippen LogP contribution in [0.1, 0.15) is 22.8 Å². The van der Waals surface area contributed by atoms with Gasteiger partial charge in [-0.3, -0.25) is 4.79 Å². The Kier molecular flexibility index (Phi) is 6.06. The second-order valence-corrected chi connectivity index (χ2v) is 7.86. The van der Waals surface area contributed by atoms with E-state index in [9.17, 15) is 4.79 Å². The number of furan rings is 1. The molecule has 0 fully saturated rings. The summed E-state index contributed by atoms with van der Waals surface area (Å²) in [4.78, 5) is 16.9. The van der Waals surface area contributed by atoms with E-state index in [0.717, 1.165) is 35.6 Å². The summed E-state index contributed by atoms with van der Waals surface area (Å²) < 4.78 is 13.4. The van der Waals surface area contributed by atoms with Crippen molar-refractivity contribution in [2.45, 2.75) is 19.4 Å². The maximum Gasteiger partial charge on any atom is 0.286 e. The van der Waals surface area contributed by atoms with E-state index in [1.807, 2.05) is 36.4 Å². The molecule has 0 saturated heterocycles. The first-order chi connectivity index (χ1) is 16.3. The predicted molar refractivity (Wildman–Crippen MR) is 129 cm³/mol. The lowest BCUT2D eigenvalue weighted by molar-refractivity contribution is 0.0926. The average molecular weight is 440 g/mol. The highest BCUT2D eigenvalue weighted by molar-refractivity contribution is 5.91. The van der Waals surface area contributed by atoms with Crippen molar-refractivity contribution in [1.29, 1.82) is 0 Å². The monoisotopic (exact) mass is 439 g/mol. The van der Waals surface area contributed by atoms with Crippen molar-refractivity contribution in [3.8, 4) is 5.75 Å². The molecule has 0 radical (unpaired) electrons.